The summed E-state index contributed by atoms with van der Waals surface area (Å²) in [6.45, 7) is 7.42. The van der Waals surface area contributed by atoms with Gasteiger partial charge in [-0.3, -0.25) is 4.90 Å². The Morgan fingerprint density at radius 2 is 1.95 bits per heavy atom. The van der Waals surface area contributed by atoms with Crippen molar-refractivity contribution in [2.45, 2.75) is 57.4 Å². The third-order valence-electron chi connectivity index (χ3n) is 4.68. The van der Waals surface area contributed by atoms with E-state index in [2.05, 4.69) is 29.7 Å². The zero-order chi connectivity index (χ0) is 13.5. The molecule has 3 aliphatic heterocycles. The van der Waals surface area contributed by atoms with Crippen LogP contribution >= 0.6 is 0 Å². The van der Waals surface area contributed by atoms with Crippen LogP contribution < -0.4 is 0 Å². The Hall–Kier alpha value is -1.05. The van der Waals surface area contributed by atoms with Crippen LogP contribution in [0.15, 0.2) is 11.8 Å². The second kappa shape index (κ2) is 4.50. The van der Waals surface area contributed by atoms with Crippen LogP contribution in [0, 0.1) is 11.3 Å². The lowest BCUT2D eigenvalue weighted by atomic mass is 10.0. The highest BCUT2D eigenvalue weighted by Crippen LogP contribution is 2.49. The molecule has 4 nitrogen and oxygen atoms in total. The predicted molar refractivity (Wildman–Crippen MR) is 73.0 cm³/mol. The Morgan fingerprint density at radius 3 is 2.74 bits per heavy atom. The van der Waals surface area contributed by atoms with E-state index < -0.39 is 0 Å². The molecule has 0 amide bonds. The summed E-state index contributed by atoms with van der Waals surface area (Å²) in [5.74, 6) is -0.277. The quantitative estimate of drug-likeness (QED) is 0.628. The minimum absolute atomic E-state index is 0.277. The molecule has 0 aromatic heterocycles. The zero-order valence-corrected chi connectivity index (χ0v) is 12.0. The molecule has 0 bridgehead atoms. The number of hydrogen-bond acceptors (Lipinski definition) is 4. The molecule has 3 saturated heterocycles. The monoisotopic (exact) mass is 261 g/mol. The maximum Gasteiger partial charge on any atom is 0.201 e. The summed E-state index contributed by atoms with van der Waals surface area (Å²) in [7, 11) is 0. The maximum absolute atomic E-state index is 9.08. The van der Waals surface area contributed by atoms with E-state index in [-0.39, 0.29) is 11.4 Å². The molecule has 0 aromatic rings. The fraction of sp³-hybridized carbons (Fsp3) is 0.800. The van der Waals surface area contributed by atoms with Gasteiger partial charge in [-0.1, -0.05) is 6.42 Å². The van der Waals surface area contributed by atoms with Gasteiger partial charge in [0.1, 0.15) is 5.60 Å². The van der Waals surface area contributed by atoms with Crippen molar-refractivity contribution in [1.29, 1.82) is 5.26 Å². The normalized spacial score (nSPS) is 36.5. The minimum atomic E-state index is -0.358. The van der Waals surface area contributed by atoms with Gasteiger partial charge in [-0.15, -0.1) is 0 Å². The molecule has 0 aliphatic carbocycles. The molecule has 3 rings (SSSR count). The van der Waals surface area contributed by atoms with Gasteiger partial charge in [0.15, 0.2) is 0 Å². The lowest BCUT2D eigenvalue weighted by Gasteiger charge is -2.49. The van der Waals surface area contributed by atoms with Crippen LogP contribution in [0.1, 0.15) is 46.0 Å². The highest BCUT2D eigenvalue weighted by Gasteiger charge is 2.57. The molecule has 1 atom stereocenters. The molecule has 3 heterocycles. The van der Waals surface area contributed by atoms with E-state index in [4.69, 9.17) is 10.00 Å². The van der Waals surface area contributed by atoms with Crippen molar-refractivity contribution in [3.63, 3.8) is 0 Å². The Balaban J connectivity index is 2.04. The molecule has 3 aliphatic rings. The highest BCUT2D eigenvalue weighted by molar-refractivity contribution is 5.27. The Bertz CT molecular complexity index is 437. The molecule has 1 spiro atoms. The smallest absolute Gasteiger partial charge is 0.201 e. The molecule has 3 fully saturated rings. The summed E-state index contributed by atoms with van der Waals surface area (Å²) < 4.78 is 6.52. The lowest BCUT2D eigenvalue weighted by molar-refractivity contribution is -0.238. The first-order valence-electron chi connectivity index (χ1n) is 7.43. The molecule has 0 aromatic carbocycles. The van der Waals surface area contributed by atoms with Crippen LogP contribution in [0.25, 0.3) is 0 Å². The van der Waals surface area contributed by atoms with E-state index in [1.54, 1.807) is 6.08 Å². The topological polar surface area (TPSA) is 39.5 Å². The summed E-state index contributed by atoms with van der Waals surface area (Å²) in [4.78, 5) is 4.87. The average molecular weight is 261 g/mol. The van der Waals surface area contributed by atoms with Gasteiger partial charge in [0.25, 0.3) is 0 Å². The van der Waals surface area contributed by atoms with Crippen molar-refractivity contribution in [3.8, 4) is 6.07 Å². The Kier molecular flexibility index (Phi) is 3.07. The van der Waals surface area contributed by atoms with Crippen molar-refractivity contribution in [1.82, 2.24) is 9.80 Å². The van der Waals surface area contributed by atoms with Crippen molar-refractivity contribution < 1.29 is 4.74 Å². The van der Waals surface area contributed by atoms with Gasteiger partial charge < -0.3 is 9.64 Å². The first-order chi connectivity index (χ1) is 9.10. The standard InChI is InChI=1S/C15H23N3O/c1-14(2)13(7-9-16)18-12-6-11-17-10-5-3-4-8-15(17,18)19-14/h7H,3-6,8,10-12H2,1-2H3/b13-7-. The molecule has 4 heteroatoms. The SMILES string of the molecule is CC1(C)OC23CCCCCN2CCCN3/C1=C\C#N. The van der Waals surface area contributed by atoms with Crippen molar-refractivity contribution in [2.24, 2.45) is 0 Å². The molecule has 1 unspecified atom stereocenters. The van der Waals surface area contributed by atoms with Crippen LogP contribution in [0.2, 0.25) is 0 Å². The van der Waals surface area contributed by atoms with Crippen molar-refractivity contribution in [3.05, 3.63) is 11.8 Å². The van der Waals surface area contributed by atoms with Crippen LogP contribution in [-0.4, -0.2) is 40.9 Å². The highest BCUT2D eigenvalue weighted by atomic mass is 16.6. The number of rotatable bonds is 0. The summed E-state index contributed by atoms with van der Waals surface area (Å²) in [6, 6.07) is 2.20. The van der Waals surface area contributed by atoms with Crippen LogP contribution in [0.5, 0.6) is 0 Å². The van der Waals surface area contributed by atoms with Gasteiger partial charge in [0.2, 0.25) is 5.85 Å². The molecule has 0 radical (unpaired) electrons. The third-order valence-corrected chi connectivity index (χ3v) is 4.68. The molecular formula is C15H23N3O. The average Bonchev–Trinajstić information content (AvgIpc) is 2.51. The number of ether oxygens (including phenoxy) is 1. The fourth-order valence-electron chi connectivity index (χ4n) is 3.93. The molecule has 0 saturated carbocycles. The van der Waals surface area contributed by atoms with Crippen molar-refractivity contribution >= 4 is 0 Å². The summed E-state index contributed by atoms with van der Waals surface area (Å²) >= 11 is 0. The molecule has 104 valence electrons. The summed E-state index contributed by atoms with van der Waals surface area (Å²) in [6.07, 6.45) is 7.65. The first-order valence-corrected chi connectivity index (χ1v) is 7.43. The number of allylic oxidation sites excluding steroid dienone is 1. The van der Waals surface area contributed by atoms with Crippen molar-refractivity contribution in [2.75, 3.05) is 19.6 Å². The van der Waals surface area contributed by atoms with E-state index in [0.29, 0.717) is 0 Å². The third kappa shape index (κ3) is 1.87. The van der Waals surface area contributed by atoms with Crippen LogP contribution in [0.3, 0.4) is 0 Å². The largest absolute Gasteiger partial charge is 0.331 e. The van der Waals surface area contributed by atoms with E-state index in [1.807, 2.05) is 0 Å². The molecule has 0 N–H and O–H groups in total. The van der Waals surface area contributed by atoms with Gasteiger partial charge >= 0.3 is 0 Å². The second-order valence-electron chi connectivity index (χ2n) is 6.32. The zero-order valence-electron chi connectivity index (χ0n) is 12.0. The Morgan fingerprint density at radius 1 is 1.16 bits per heavy atom. The van der Waals surface area contributed by atoms with Crippen LogP contribution in [-0.2, 0) is 4.74 Å². The lowest BCUT2D eigenvalue weighted by Crippen LogP contribution is -2.61. The van der Waals surface area contributed by atoms with E-state index in [0.717, 1.165) is 38.2 Å². The summed E-state index contributed by atoms with van der Waals surface area (Å²) in [5.41, 5.74) is 0.699. The minimum Gasteiger partial charge on any atom is -0.331 e. The fourth-order valence-corrected chi connectivity index (χ4v) is 3.93. The van der Waals surface area contributed by atoms with Gasteiger partial charge in [-0.25, -0.2) is 0 Å². The Labute approximate surface area is 115 Å². The van der Waals surface area contributed by atoms with Gasteiger partial charge in [-0.2, -0.15) is 5.26 Å². The predicted octanol–water partition coefficient (Wildman–Crippen LogP) is 2.44. The number of hydrogen-bond donors (Lipinski definition) is 0. The molecular weight excluding hydrogens is 238 g/mol. The van der Waals surface area contributed by atoms with Gasteiger partial charge in [0, 0.05) is 32.1 Å². The van der Waals surface area contributed by atoms with Gasteiger partial charge in [0.05, 0.1) is 11.8 Å². The van der Waals surface area contributed by atoms with E-state index >= 15 is 0 Å². The summed E-state index contributed by atoms with van der Waals surface area (Å²) in [5, 5.41) is 9.08. The maximum atomic E-state index is 9.08. The number of nitriles is 1. The number of nitrogens with zero attached hydrogens (tertiary/aromatic N) is 3. The van der Waals surface area contributed by atoms with E-state index in [9.17, 15) is 0 Å². The first kappa shape index (κ1) is 13.0. The van der Waals surface area contributed by atoms with E-state index in [1.165, 1.54) is 19.3 Å². The molecule has 19 heavy (non-hydrogen) atoms. The van der Waals surface area contributed by atoms with Gasteiger partial charge in [-0.05, 0) is 33.1 Å². The van der Waals surface area contributed by atoms with Crippen LogP contribution in [0.4, 0.5) is 0 Å². The second-order valence-corrected chi connectivity index (χ2v) is 6.32.